The number of nitrogens with zero attached hydrogens (tertiary/aromatic N) is 3. The van der Waals surface area contributed by atoms with E-state index in [4.69, 9.17) is 9.47 Å². The smallest absolute Gasteiger partial charge is 0.251 e. The van der Waals surface area contributed by atoms with Crippen molar-refractivity contribution in [3.63, 3.8) is 0 Å². The minimum absolute atomic E-state index is 0.225. The van der Waals surface area contributed by atoms with Gasteiger partial charge in [-0.1, -0.05) is 18.2 Å². The second kappa shape index (κ2) is 7.75. The molecule has 0 saturated carbocycles. The number of hydrogen-bond acceptors (Lipinski definition) is 6. The van der Waals surface area contributed by atoms with Crippen LogP contribution in [0.3, 0.4) is 0 Å². The van der Waals surface area contributed by atoms with Gasteiger partial charge in [0.15, 0.2) is 11.5 Å². The molecule has 8 heteroatoms. The van der Waals surface area contributed by atoms with Gasteiger partial charge in [0, 0.05) is 23.9 Å². The Morgan fingerprint density at radius 1 is 1.04 bits per heavy atom. The lowest BCUT2D eigenvalue weighted by molar-refractivity contribution is 0.0951. The predicted octanol–water partition coefficient (Wildman–Crippen LogP) is 3.08. The first kappa shape index (κ1) is 17.5. The van der Waals surface area contributed by atoms with Crippen LogP contribution in [0.4, 0.5) is 0 Å². The summed E-state index contributed by atoms with van der Waals surface area (Å²) < 4.78 is 11.2. The Bertz CT molecular complexity index is 1130. The van der Waals surface area contributed by atoms with Crippen molar-refractivity contribution in [1.29, 1.82) is 0 Å². The Hall–Kier alpha value is -3.94. The molecule has 0 bridgehead atoms. The van der Waals surface area contributed by atoms with E-state index in [0.717, 1.165) is 5.56 Å². The van der Waals surface area contributed by atoms with Gasteiger partial charge in [-0.25, -0.2) is 4.98 Å². The zero-order valence-corrected chi connectivity index (χ0v) is 15.0. The lowest BCUT2D eigenvalue weighted by atomic mass is 10.2. The normalized spacial score (nSPS) is 10.6. The van der Waals surface area contributed by atoms with Gasteiger partial charge in [-0.05, 0) is 36.4 Å². The minimum Gasteiger partial charge on any atom is -0.493 e. The van der Waals surface area contributed by atoms with E-state index in [0.29, 0.717) is 34.0 Å². The maximum absolute atomic E-state index is 12.5. The number of aromatic nitrogens is 4. The number of rotatable bonds is 6. The lowest BCUT2D eigenvalue weighted by Gasteiger charge is -2.13. The Kier molecular flexibility index (Phi) is 4.83. The van der Waals surface area contributed by atoms with Crippen molar-refractivity contribution in [1.82, 2.24) is 25.7 Å². The van der Waals surface area contributed by atoms with E-state index in [1.54, 1.807) is 49.7 Å². The van der Waals surface area contributed by atoms with Crippen molar-refractivity contribution < 1.29 is 14.3 Å². The summed E-state index contributed by atoms with van der Waals surface area (Å²) in [7, 11) is 1.58. The van der Waals surface area contributed by atoms with Gasteiger partial charge in [0.1, 0.15) is 11.0 Å². The Labute approximate surface area is 160 Å². The summed E-state index contributed by atoms with van der Waals surface area (Å²) in [6.45, 7) is 0.258. The largest absolute Gasteiger partial charge is 0.493 e. The molecule has 0 atom stereocenters. The van der Waals surface area contributed by atoms with E-state index in [1.807, 2.05) is 18.2 Å². The molecule has 0 saturated heterocycles. The zero-order chi connectivity index (χ0) is 19.3. The van der Waals surface area contributed by atoms with Gasteiger partial charge in [0.25, 0.3) is 5.91 Å². The topological polar surface area (TPSA) is 102 Å². The van der Waals surface area contributed by atoms with Crippen LogP contribution in [0.2, 0.25) is 0 Å². The summed E-state index contributed by atoms with van der Waals surface area (Å²) >= 11 is 0. The quantitative estimate of drug-likeness (QED) is 0.537. The van der Waals surface area contributed by atoms with Gasteiger partial charge in [0.2, 0.25) is 5.88 Å². The summed E-state index contributed by atoms with van der Waals surface area (Å²) in [5.41, 5.74) is 2.58. The molecule has 2 aromatic heterocycles. The molecule has 4 rings (SSSR count). The summed E-state index contributed by atoms with van der Waals surface area (Å²) in [5, 5.41) is 13.4. The fourth-order valence-corrected chi connectivity index (χ4v) is 2.72. The molecule has 0 aliphatic heterocycles. The van der Waals surface area contributed by atoms with Crippen molar-refractivity contribution in [3.8, 4) is 17.4 Å². The zero-order valence-electron chi connectivity index (χ0n) is 15.0. The average Bonchev–Trinajstić information content (AvgIpc) is 3.21. The fraction of sp³-hybridized carbons (Fsp3) is 0.100. The number of nitrogens with one attached hydrogen (secondary N) is 2. The van der Waals surface area contributed by atoms with Crippen molar-refractivity contribution in [2.75, 3.05) is 7.11 Å². The summed E-state index contributed by atoms with van der Waals surface area (Å²) in [5.74, 6) is 1.33. The van der Waals surface area contributed by atoms with Crippen molar-refractivity contribution in [2.24, 2.45) is 0 Å². The number of carbonyl (C=O) groups excluding carboxylic acids is 1. The molecule has 1 amide bonds. The molecule has 28 heavy (non-hydrogen) atoms. The van der Waals surface area contributed by atoms with Crippen LogP contribution < -0.4 is 14.8 Å². The molecule has 0 aliphatic carbocycles. The summed E-state index contributed by atoms with van der Waals surface area (Å²) in [4.78, 5) is 16.8. The SMILES string of the molecule is COc1ccccc1Oc1ncccc1CNC(=O)c1ccc2n[nH]nc2c1. The Balaban J connectivity index is 1.50. The van der Waals surface area contributed by atoms with E-state index in [2.05, 4.69) is 25.7 Å². The summed E-state index contributed by atoms with van der Waals surface area (Å²) in [6, 6.07) is 16.1. The predicted molar refractivity (Wildman–Crippen MR) is 102 cm³/mol. The number of H-pyrrole nitrogens is 1. The Morgan fingerprint density at radius 2 is 1.86 bits per heavy atom. The first-order valence-electron chi connectivity index (χ1n) is 8.58. The molecule has 0 unspecified atom stereocenters. The highest BCUT2D eigenvalue weighted by Gasteiger charge is 2.12. The van der Waals surface area contributed by atoms with Crippen LogP contribution in [0, 0.1) is 0 Å². The maximum Gasteiger partial charge on any atom is 0.251 e. The number of pyridine rings is 1. The molecule has 2 heterocycles. The third-order valence-corrected chi connectivity index (χ3v) is 4.14. The number of para-hydroxylation sites is 2. The fourth-order valence-electron chi connectivity index (χ4n) is 2.72. The molecule has 2 N–H and O–H groups in total. The van der Waals surface area contributed by atoms with Crippen LogP contribution in [0.15, 0.2) is 60.8 Å². The average molecular weight is 375 g/mol. The maximum atomic E-state index is 12.5. The highest BCUT2D eigenvalue weighted by atomic mass is 16.5. The highest BCUT2D eigenvalue weighted by Crippen LogP contribution is 2.31. The Morgan fingerprint density at radius 3 is 2.71 bits per heavy atom. The van der Waals surface area contributed by atoms with Crippen LogP contribution in [0.25, 0.3) is 11.0 Å². The summed E-state index contributed by atoms with van der Waals surface area (Å²) in [6.07, 6.45) is 1.63. The van der Waals surface area contributed by atoms with Gasteiger partial charge < -0.3 is 14.8 Å². The molecule has 2 aromatic carbocycles. The number of ether oxygens (including phenoxy) is 2. The van der Waals surface area contributed by atoms with Crippen molar-refractivity contribution in [2.45, 2.75) is 6.54 Å². The molecule has 0 aliphatic rings. The van der Waals surface area contributed by atoms with E-state index in [-0.39, 0.29) is 12.5 Å². The number of aromatic amines is 1. The molecular weight excluding hydrogens is 358 g/mol. The second-order valence-corrected chi connectivity index (χ2v) is 5.93. The van der Waals surface area contributed by atoms with E-state index in [1.165, 1.54) is 0 Å². The van der Waals surface area contributed by atoms with Crippen LogP contribution in [-0.2, 0) is 6.54 Å². The van der Waals surface area contributed by atoms with Crippen LogP contribution in [0.5, 0.6) is 17.4 Å². The van der Waals surface area contributed by atoms with E-state index in [9.17, 15) is 4.79 Å². The molecular formula is C20H17N5O3. The van der Waals surface area contributed by atoms with Crippen molar-refractivity contribution in [3.05, 3.63) is 71.9 Å². The van der Waals surface area contributed by atoms with Gasteiger partial charge in [-0.3, -0.25) is 4.79 Å². The third-order valence-electron chi connectivity index (χ3n) is 4.14. The number of hydrogen-bond donors (Lipinski definition) is 2. The third kappa shape index (κ3) is 3.61. The monoisotopic (exact) mass is 375 g/mol. The van der Waals surface area contributed by atoms with E-state index >= 15 is 0 Å². The number of benzene rings is 2. The molecule has 4 aromatic rings. The number of amides is 1. The van der Waals surface area contributed by atoms with Gasteiger partial charge in [-0.2, -0.15) is 15.4 Å². The first-order valence-corrected chi connectivity index (χ1v) is 8.58. The number of fused-ring (bicyclic) bond motifs is 1. The van der Waals surface area contributed by atoms with E-state index < -0.39 is 0 Å². The molecule has 0 fully saturated rings. The van der Waals surface area contributed by atoms with Crippen LogP contribution in [-0.4, -0.2) is 33.4 Å². The van der Waals surface area contributed by atoms with Gasteiger partial charge in [-0.15, -0.1) is 0 Å². The number of carbonyl (C=O) groups is 1. The lowest BCUT2D eigenvalue weighted by Crippen LogP contribution is -2.23. The molecule has 0 spiro atoms. The second-order valence-electron chi connectivity index (χ2n) is 5.93. The molecule has 140 valence electrons. The van der Waals surface area contributed by atoms with Crippen LogP contribution in [0.1, 0.15) is 15.9 Å². The highest BCUT2D eigenvalue weighted by molar-refractivity contribution is 5.97. The standard InChI is InChI=1S/C20H17N5O3/c1-27-17-6-2-3-7-18(17)28-20-14(5-4-10-21-20)12-22-19(26)13-8-9-15-16(11-13)24-25-23-15/h2-11H,12H2,1H3,(H,22,26)(H,23,24,25). The van der Waals surface area contributed by atoms with Crippen LogP contribution >= 0.6 is 0 Å². The molecule has 0 radical (unpaired) electrons. The van der Waals surface area contributed by atoms with Crippen molar-refractivity contribution >= 4 is 16.9 Å². The van der Waals surface area contributed by atoms with Gasteiger partial charge >= 0.3 is 0 Å². The number of methoxy groups -OCH3 is 1. The minimum atomic E-state index is -0.225. The first-order chi connectivity index (χ1) is 13.7. The van der Waals surface area contributed by atoms with Gasteiger partial charge in [0.05, 0.1) is 7.11 Å². The molecule has 8 nitrogen and oxygen atoms in total.